The summed E-state index contributed by atoms with van der Waals surface area (Å²) in [6.45, 7) is 3.90. The van der Waals surface area contributed by atoms with Crippen molar-refractivity contribution in [2.75, 3.05) is 32.9 Å². The fourth-order valence-corrected chi connectivity index (χ4v) is 1.77. The highest BCUT2D eigenvalue weighted by atomic mass is 16.5. The smallest absolute Gasteiger partial charge is 0.338 e. The van der Waals surface area contributed by atoms with E-state index in [9.17, 15) is 4.79 Å². The van der Waals surface area contributed by atoms with Crippen molar-refractivity contribution >= 4 is 5.97 Å². The maximum absolute atomic E-state index is 11.5. The summed E-state index contributed by atoms with van der Waals surface area (Å²) in [6.07, 6.45) is 0. The van der Waals surface area contributed by atoms with E-state index in [1.165, 1.54) is 0 Å². The third-order valence-electron chi connectivity index (χ3n) is 2.70. The molecule has 0 saturated carbocycles. The number of hydrogen-bond donors (Lipinski definition) is 2. The van der Waals surface area contributed by atoms with Crippen LogP contribution >= 0.6 is 0 Å². The number of nitrogens with zero attached hydrogens (tertiary/aromatic N) is 1. The summed E-state index contributed by atoms with van der Waals surface area (Å²) in [5.74, 6) is -0.323. The highest BCUT2D eigenvalue weighted by molar-refractivity contribution is 5.89. The molecule has 0 aliphatic rings. The van der Waals surface area contributed by atoms with Gasteiger partial charge in [-0.05, 0) is 24.6 Å². The first kappa shape index (κ1) is 15.6. The maximum Gasteiger partial charge on any atom is 0.338 e. The molecule has 0 radical (unpaired) electrons. The molecule has 19 heavy (non-hydrogen) atoms. The quantitative estimate of drug-likeness (QED) is 0.677. The lowest BCUT2D eigenvalue weighted by atomic mass is 10.1. The van der Waals surface area contributed by atoms with E-state index in [1.54, 1.807) is 19.1 Å². The molecule has 0 aliphatic carbocycles. The molecule has 0 spiro atoms. The summed E-state index contributed by atoms with van der Waals surface area (Å²) in [4.78, 5) is 13.4. The highest BCUT2D eigenvalue weighted by Gasteiger charge is 2.08. The summed E-state index contributed by atoms with van der Waals surface area (Å²) in [6, 6.07) is 7.16. The van der Waals surface area contributed by atoms with Gasteiger partial charge in [0, 0.05) is 19.6 Å². The molecule has 0 atom stereocenters. The number of aliphatic hydroxyl groups excluding tert-OH is 2. The number of carbonyl (C=O) groups excluding carboxylic acids is 1. The molecule has 0 aromatic heterocycles. The maximum atomic E-state index is 11.5. The average molecular weight is 267 g/mol. The first-order chi connectivity index (χ1) is 9.21. The molecule has 1 aromatic carbocycles. The van der Waals surface area contributed by atoms with Crippen LogP contribution in [-0.2, 0) is 11.3 Å². The van der Waals surface area contributed by atoms with E-state index >= 15 is 0 Å². The summed E-state index contributed by atoms with van der Waals surface area (Å²) in [5.41, 5.74) is 1.55. The van der Waals surface area contributed by atoms with Crippen LogP contribution in [0.5, 0.6) is 0 Å². The van der Waals surface area contributed by atoms with E-state index in [0.29, 0.717) is 31.8 Å². The van der Waals surface area contributed by atoms with Gasteiger partial charge in [-0.25, -0.2) is 4.79 Å². The van der Waals surface area contributed by atoms with Crippen LogP contribution < -0.4 is 0 Å². The van der Waals surface area contributed by atoms with E-state index in [4.69, 9.17) is 14.9 Å². The van der Waals surface area contributed by atoms with E-state index in [0.717, 1.165) is 5.56 Å². The minimum atomic E-state index is -0.323. The van der Waals surface area contributed by atoms with Crippen molar-refractivity contribution in [1.82, 2.24) is 4.90 Å². The number of rotatable bonds is 8. The third kappa shape index (κ3) is 5.38. The van der Waals surface area contributed by atoms with Crippen LogP contribution in [0.3, 0.4) is 0 Å². The van der Waals surface area contributed by atoms with Gasteiger partial charge < -0.3 is 14.9 Å². The zero-order valence-corrected chi connectivity index (χ0v) is 11.2. The molecule has 0 heterocycles. The van der Waals surface area contributed by atoms with Gasteiger partial charge in [0.15, 0.2) is 0 Å². The molecule has 0 amide bonds. The fraction of sp³-hybridized carbons (Fsp3) is 0.500. The first-order valence-corrected chi connectivity index (χ1v) is 6.41. The average Bonchev–Trinajstić information content (AvgIpc) is 2.40. The zero-order chi connectivity index (χ0) is 14.1. The van der Waals surface area contributed by atoms with Crippen molar-refractivity contribution in [3.63, 3.8) is 0 Å². The van der Waals surface area contributed by atoms with Crippen LogP contribution in [-0.4, -0.2) is 54.0 Å². The number of esters is 1. The Bertz CT molecular complexity index is 372. The van der Waals surface area contributed by atoms with Crippen LogP contribution in [0.2, 0.25) is 0 Å². The monoisotopic (exact) mass is 267 g/mol. The number of hydrogen-bond acceptors (Lipinski definition) is 5. The molecule has 0 fully saturated rings. The number of aliphatic hydroxyl groups is 2. The second-order valence-electron chi connectivity index (χ2n) is 4.14. The van der Waals surface area contributed by atoms with Crippen LogP contribution in [0.4, 0.5) is 0 Å². The van der Waals surface area contributed by atoms with Gasteiger partial charge in [0.25, 0.3) is 0 Å². The Balaban J connectivity index is 2.62. The van der Waals surface area contributed by atoms with Crippen molar-refractivity contribution in [2.45, 2.75) is 13.5 Å². The van der Waals surface area contributed by atoms with Gasteiger partial charge in [-0.3, -0.25) is 4.90 Å². The lowest BCUT2D eigenvalue weighted by Gasteiger charge is -2.20. The Labute approximate surface area is 113 Å². The van der Waals surface area contributed by atoms with Crippen molar-refractivity contribution < 1.29 is 19.7 Å². The van der Waals surface area contributed by atoms with Crippen LogP contribution in [0, 0.1) is 0 Å². The minimum Gasteiger partial charge on any atom is -0.462 e. The van der Waals surface area contributed by atoms with Crippen LogP contribution in [0.25, 0.3) is 0 Å². The van der Waals surface area contributed by atoms with Crippen molar-refractivity contribution in [2.24, 2.45) is 0 Å². The van der Waals surface area contributed by atoms with Crippen molar-refractivity contribution in [3.05, 3.63) is 35.4 Å². The molecule has 5 heteroatoms. The Morgan fingerprint density at radius 3 is 2.21 bits per heavy atom. The normalized spacial score (nSPS) is 10.7. The lowest BCUT2D eigenvalue weighted by Crippen LogP contribution is -2.29. The van der Waals surface area contributed by atoms with Crippen molar-refractivity contribution in [3.8, 4) is 0 Å². The SMILES string of the molecule is CCOC(=O)c1ccc(CN(CCO)CCO)cc1. The Morgan fingerprint density at radius 1 is 1.16 bits per heavy atom. The molecule has 0 unspecified atom stereocenters. The minimum absolute atomic E-state index is 0.0565. The number of ether oxygens (including phenoxy) is 1. The van der Waals surface area contributed by atoms with Crippen LogP contribution in [0.15, 0.2) is 24.3 Å². The summed E-state index contributed by atoms with van der Waals surface area (Å²) in [5, 5.41) is 17.9. The predicted molar refractivity (Wildman–Crippen MR) is 71.8 cm³/mol. The number of benzene rings is 1. The number of carbonyl (C=O) groups is 1. The Morgan fingerprint density at radius 2 is 1.74 bits per heavy atom. The first-order valence-electron chi connectivity index (χ1n) is 6.41. The molecule has 0 aliphatic heterocycles. The molecule has 106 valence electrons. The van der Waals surface area contributed by atoms with Gasteiger partial charge in [-0.1, -0.05) is 12.1 Å². The molecule has 5 nitrogen and oxygen atoms in total. The molecule has 1 rings (SSSR count). The lowest BCUT2D eigenvalue weighted by molar-refractivity contribution is 0.0526. The predicted octanol–water partition coefficient (Wildman–Crippen LogP) is 0.650. The zero-order valence-electron chi connectivity index (χ0n) is 11.2. The molecule has 2 N–H and O–H groups in total. The van der Waals surface area contributed by atoms with Gasteiger partial charge in [0.1, 0.15) is 0 Å². The second kappa shape index (κ2) is 8.63. The van der Waals surface area contributed by atoms with Gasteiger partial charge >= 0.3 is 5.97 Å². The Kier molecular flexibility index (Phi) is 7.10. The van der Waals surface area contributed by atoms with E-state index < -0.39 is 0 Å². The standard InChI is InChI=1S/C14H21NO4/c1-2-19-14(18)13-5-3-12(4-6-13)11-15(7-9-16)8-10-17/h3-6,16-17H,2,7-11H2,1H3. The summed E-state index contributed by atoms with van der Waals surface area (Å²) in [7, 11) is 0. The fourth-order valence-electron chi connectivity index (χ4n) is 1.77. The molecule has 0 bridgehead atoms. The topological polar surface area (TPSA) is 70.0 Å². The third-order valence-corrected chi connectivity index (χ3v) is 2.70. The summed E-state index contributed by atoms with van der Waals surface area (Å²) < 4.78 is 4.91. The van der Waals surface area contributed by atoms with E-state index in [1.807, 2.05) is 17.0 Å². The van der Waals surface area contributed by atoms with Gasteiger partial charge in [0.05, 0.1) is 25.4 Å². The van der Waals surface area contributed by atoms with Crippen LogP contribution in [0.1, 0.15) is 22.8 Å². The van der Waals surface area contributed by atoms with Crippen molar-refractivity contribution in [1.29, 1.82) is 0 Å². The van der Waals surface area contributed by atoms with Gasteiger partial charge in [-0.15, -0.1) is 0 Å². The molecular formula is C14H21NO4. The largest absolute Gasteiger partial charge is 0.462 e. The summed E-state index contributed by atoms with van der Waals surface area (Å²) >= 11 is 0. The Hall–Kier alpha value is -1.43. The van der Waals surface area contributed by atoms with E-state index in [2.05, 4.69) is 0 Å². The molecule has 1 aromatic rings. The second-order valence-corrected chi connectivity index (χ2v) is 4.14. The molecular weight excluding hydrogens is 246 g/mol. The van der Waals surface area contributed by atoms with Gasteiger partial charge in [-0.2, -0.15) is 0 Å². The van der Waals surface area contributed by atoms with E-state index in [-0.39, 0.29) is 19.2 Å². The molecule has 0 saturated heterocycles. The highest BCUT2D eigenvalue weighted by Crippen LogP contribution is 2.08. The van der Waals surface area contributed by atoms with Gasteiger partial charge in [0.2, 0.25) is 0 Å².